The van der Waals surface area contributed by atoms with Crippen LogP contribution in [0.2, 0.25) is 0 Å². The molecule has 0 saturated heterocycles. The van der Waals surface area contributed by atoms with Gasteiger partial charge >= 0.3 is 0 Å². The highest BCUT2D eigenvalue weighted by molar-refractivity contribution is 5.07. The van der Waals surface area contributed by atoms with Crippen molar-refractivity contribution in [1.29, 1.82) is 0 Å². The molecule has 0 aliphatic rings. The van der Waals surface area contributed by atoms with Crippen molar-refractivity contribution in [2.45, 2.75) is 13.3 Å². The van der Waals surface area contributed by atoms with Crippen LogP contribution in [0.3, 0.4) is 0 Å². The van der Waals surface area contributed by atoms with Gasteiger partial charge in [0.1, 0.15) is 0 Å². The fourth-order valence-corrected chi connectivity index (χ4v) is 0.708. The number of allylic oxidation sites excluding steroid dienone is 1. The lowest BCUT2D eigenvalue weighted by Gasteiger charge is -1.91. The summed E-state index contributed by atoms with van der Waals surface area (Å²) in [4.78, 5) is 0. The number of aromatic amines is 1. The standard InChI is InChI=1S/C7H10N2/c1-6(2)5-7-3-4-8-9-7/h3-4H,1,5H2,2H3,(H,8,9). The van der Waals surface area contributed by atoms with Crippen LogP contribution < -0.4 is 0 Å². The van der Waals surface area contributed by atoms with E-state index in [0.29, 0.717) is 0 Å². The van der Waals surface area contributed by atoms with Crippen LogP contribution in [-0.2, 0) is 6.42 Å². The largest absolute Gasteiger partial charge is 0.282 e. The minimum Gasteiger partial charge on any atom is -0.282 e. The van der Waals surface area contributed by atoms with Gasteiger partial charge in [0.25, 0.3) is 0 Å². The topological polar surface area (TPSA) is 28.7 Å². The van der Waals surface area contributed by atoms with Crippen molar-refractivity contribution in [3.05, 3.63) is 30.1 Å². The normalized spacial score (nSPS) is 9.44. The molecule has 1 rings (SSSR count). The molecule has 9 heavy (non-hydrogen) atoms. The molecule has 2 heteroatoms. The number of rotatable bonds is 2. The lowest BCUT2D eigenvalue weighted by molar-refractivity contribution is 0.986. The summed E-state index contributed by atoms with van der Waals surface area (Å²) in [6.07, 6.45) is 2.65. The molecule has 1 N–H and O–H groups in total. The van der Waals surface area contributed by atoms with Gasteiger partial charge in [-0.05, 0) is 13.0 Å². The number of H-pyrrole nitrogens is 1. The molecule has 2 nitrogen and oxygen atoms in total. The third-order valence-corrected chi connectivity index (χ3v) is 1.05. The molecule has 48 valence electrons. The first kappa shape index (κ1) is 6.08. The molecule has 0 unspecified atom stereocenters. The highest BCUT2D eigenvalue weighted by Gasteiger charge is 1.90. The van der Waals surface area contributed by atoms with E-state index in [2.05, 4.69) is 16.8 Å². The smallest absolute Gasteiger partial charge is 0.0490 e. The molecule has 0 aliphatic heterocycles. The second kappa shape index (κ2) is 2.49. The van der Waals surface area contributed by atoms with Crippen LogP contribution in [0.4, 0.5) is 0 Å². The molecule has 0 spiro atoms. The first-order chi connectivity index (χ1) is 4.29. The predicted octanol–water partition coefficient (Wildman–Crippen LogP) is 1.53. The zero-order valence-corrected chi connectivity index (χ0v) is 5.52. The molecular formula is C7H10N2. The van der Waals surface area contributed by atoms with Gasteiger partial charge < -0.3 is 0 Å². The minimum absolute atomic E-state index is 0.903. The van der Waals surface area contributed by atoms with Crippen molar-refractivity contribution >= 4 is 0 Å². The van der Waals surface area contributed by atoms with Gasteiger partial charge in [-0.1, -0.05) is 12.2 Å². The Morgan fingerprint density at radius 3 is 3.11 bits per heavy atom. The Labute approximate surface area is 54.6 Å². The first-order valence-electron chi connectivity index (χ1n) is 2.91. The maximum absolute atomic E-state index is 3.81. The Morgan fingerprint density at radius 1 is 1.89 bits per heavy atom. The van der Waals surface area contributed by atoms with Gasteiger partial charge in [-0.15, -0.1) is 0 Å². The fraction of sp³-hybridized carbons (Fsp3) is 0.286. The average Bonchev–Trinajstić information content (AvgIpc) is 2.15. The van der Waals surface area contributed by atoms with Crippen LogP contribution in [0, 0.1) is 0 Å². The molecule has 0 aromatic carbocycles. The van der Waals surface area contributed by atoms with Crippen LogP contribution >= 0.6 is 0 Å². The van der Waals surface area contributed by atoms with Crippen molar-refractivity contribution in [2.75, 3.05) is 0 Å². The average molecular weight is 122 g/mol. The van der Waals surface area contributed by atoms with Gasteiger partial charge in [-0.2, -0.15) is 5.10 Å². The molecule has 0 bridgehead atoms. The van der Waals surface area contributed by atoms with Gasteiger partial charge in [0.2, 0.25) is 0 Å². The van der Waals surface area contributed by atoms with E-state index in [1.807, 2.05) is 13.0 Å². The molecular weight excluding hydrogens is 112 g/mol. The van der Waals surface area contributed by atoms with Crippen LogP contribution in [-0.4, -0.2) is 10.2 Å². The molecule has 1 aromatic heterocycles. The highest BCUT2D eigenvalue weighted by Crippen LogP contribution is 1.99. The third kappa shape index (κ3) is 1.72. The molecule has 0 fully saturated rings. The van der Waals surface area contributed by atoms with Gasteiger partial charge in [0.05, 0.1) is 0 Å². The SMILES string of the molecule is C=C(C)Cc1ccn[nH]1. The van der Waals surface area contributed by atoms with Crippen molar-refractivity contribution in [3.63, 3.8) is 0 Å². The zero-order chi connectivity index (χ0) is 6.69. The molecule has 0 radical (unpaired) electrons. The van der Waals surface area contributed by atoms with E-state index in [0.717, 1.165) is 17.7 Å². The van der Waals surface area contributed by atoms with Crippen molar-refractivity contribution < 1.29 is 0 Å². The van der Waals surface area contributed by atoms with E-state index in [9.17, 15) is 0 Å². The first-order valence-corrected chi connectivity index (χ1v) is 2.91. The lowest BCUT2D eigenvalue weighted by atomic mass is 10.2. The summed E-state index contributed by atoms with van der Waals surface area (Å²) >= 11 is 0. The van der Waals surface area contributed by atoms with Crippen LogP contribution in [0.1, 0.15) is 12.6 Å². The molecule has 0 atom stereocenters. The number of aromatic nitrogens is 2. The van der Waals surface area contributed by atoms with Gasteiger partial charge in [0, 0.05) is 18.3 Å². The molecule has 0 saturated carbocycles. The molecule has 1 aromatic rings. The third-order valence-electron chi connectivity index (χ3n) is 1.05. The number of hydrogen-bond donors (Lipinski definition) is 1. The summed E-state index contributed by atoms with van der Waals surface area (Å²) in [6.45, 7) is 5.78. The molecule has 0 aliphatic carbocycles. The maximum Gasteiger partial charge on any atom is 0.0490 e. The van der Waals surface area contributed by atoms with Crippen molar-refractivity contribution in [2.24, 2.45) is 0 Å². The van der Waals surface area contributed by atoms with E-state index >= 15 is 0 Å². The Kier molecular flexibility index (Phi) is 1.68. The van der Waals surface area contributed by atoms with E-state index in [1.165, 1.54) is 0 Å². The summed E-state index contributed by atoms with van der Waals surface area (Å²) in [5.41, 5.74) is 2.28. The number of nitrogens with one attached hydrogen (secondary N) is 1. The second-order valence-electron chi connectivity index (χ2n) is 2.22. The molecule has 1 heterocycles. The summed E-state index contributed by atoms with van der Waals surface area (Å²) < 4.78 is 0. The van der Waals surface area contributed by atoms with Crippen LogP contribution in [0.15, 0.2) is 24.4 Å². The number of nitrogens with zero attached hydrogens (tertiary/aromatic N) is 1. The highest BCUT2D eigenvalue weighted by atomic mass is 15.1. The Balaban J connectivity index is 2.58. The van der Waals surface area contributed by atoms with Gasteiger partial charge in [0.15, 0.2) is 0 Å². The van der Waals surface area contributed by atoms with E-state index in [1.54, 1.807) is 6.20 Å². The monoisotopic (exact) mass is 122 g/mol. The van der Waals surface area contributed by atoms with Crippen LogP contribution in [0.5, 0.6) is 0 Å². The minimum atomic E-state index is 0.903. The van der Waals surface area contributed by atoms with Crippen molar-refractivity contribution in [3.8, 4) is 0 Å². The van der Waals surface area contributed by atoms with E-state index < -0.39 is 0 Å². The molecule has 0 amide bonds. The Morgan fingerprint density at radius 2 is 2.67 bits per heavy atom. The quantitative estimate of drug-likeness (QED) is 0.592. The summed E-state index contributed by atoms with van der Waals surface area (Å²) in [5.74, 6) is 0. The predicted molar refractivity (Wildman–Crippen MR) is 37.1 cm³/mol. The lowest BCUT2D eigenvalue weighted by Crippen LogP contribution is -1.84. The van der Waals surface area contributed by atoms with Gasteiger partial charge in [-0.3, -0.25) is 5.10 Å². The summed E-state index contributed by atoms with van der Waals surface area (Å²) in [5, 5.41) is 6.67. The van der Waals surface area contributed by atoms with E-state index in [-0.39, 0.29) is 0 Å². The summed E-state index contributed by atoms with van der Waals surface area (Å²) in [7, 11) is 0. The van der Waals surface area contributed by atoms with Crippen molar-refractivity contribution in [1.82, 2.24) is 10.2 Å². The van der Waals surface area contributed by atoms with E-state index in [4.69, 9.17) is 0 Å². The second-order valence-corrected chi connectivity index (χ2v) is 2.22. The summed E-state index contributed by atoms with van der Waals surface area (Å²) in [6, 6.07) is 1.95. The number of hydrogen-bond acceptors (Lipinski definition) is 1. The van der Waals surface area contributed by atoms with Crippen LogP contribution in [0.25, 0.3) is 0 Å². The Bertz CT molecular complexity index is 187. The fourth-order valence-electron chi connectivity index (χ4n) is 0.708. The zero-order valence-electron chi connectivity index (χ0n) is 5.52. The van der Waals surface area contributed by atoms with Gasteiger partial charge in [-0.25, -0.2) is 0 Å². The maximum atomic E-state index is 3.81. The Hall–Kier alpha value is -1.05.